The van der Waals surface area contributed by atoms with Gasteiger partial charge in [-0.25, -0.2) is 9.97 Å². The summed E-state index contributed by atoms with van der Waals surface area (Å²) in [7, 11) is 0. The van der Waals surface area contributed by atoms with Crippen LogP contribution in [-0.2, 0) is 0 Å². The van der Waals surface area contributed by atoms with Crippen LogP contribution in [0, 0.1) is 27.7 Å². The molecule has 2 N–H and O–H groups in total. The highest BCUT2D eigenvalue weighted by molar-refractivity contribution is 9.18. The highest BCUT2D eigenvalue weighted by atomic mass is 79.9. The maximum atomic E-state index is 5.60. The molecule has 9 rings (SSSR count). The third-order valence-corrected chi connectivity index (χ3v) is 19.1. The van der Waals surface area contributed by atoms with E-state index in [2.05, 4.69) is 262 Å². The fourth-order valence-electron chi connectivity index (χ4n) is 7.57. The number of aromatic amines is 2. The summed E-state index contributed by atoms with van der Waals surface area (Å²) >= 11 is 32.5. The Morgan fingerprint density at radius 3 is 0.667 bits per heavy atom. The number of nitrogens with one attached hydrogen (secondary N) is 2. The first kappa shape index (κ1) is 42.6. The highest BCUT2D eigenvalue weighted by Gasteiger charge is 2.31. The SMILES string of the molecule is Cc1ccc(-c2c3nc(c(-c4ccc(C)cc4)c4[nH]c(c(Br)c4Br)c(-c4ccc(C)cc4)c4nc(c(-c5ccc(C)cc5)c5[nH]c2c(Br)c5Br)C(Br)=C4Br)C(Br)=C3Br)cc1. The van der Waals surface area contributed by atoms with E-state index in [4.69, 9.17) is 9.97 Å². The van der Waals surface area contributed by atoms with Crippen molar-refractivity contribution >= 4 is 167 Å². The number of H-pyrrole nitrogens is 2. The Bertz CT molecular complexity index is 2760. The molecule has 0 fully saturated rings. The highest BCUT2D eigenvalue weighted by Crippen LogP contribution is 2.53. The van der Waals surface area contributed by atoms with E-state index in [1.54, 1.807) is 0 Å². The van der Waals surface area contributed by atoms with Crippen molar-refractivity contribution in [1.29, 1.82) is 0 Å². The van der Waals surface area contributed by atoms with E-state index >= 15 is 0 Å². The van der Waals surface area contributed by atoms with Crippen LogP contribution in [0.4, 0.5) is 0 Å². The Labute approximate surface area is 414 Å². The number of fused-ring (bicyclic) bond motifs is 8. The number of aryl methyl sites for hydroxylation is 4. The van der Waals surface area contributed by atoms with Gasteiger partial charge in [0, 0.05) is 22.3 Å². The molecule has 0 unspecified atom stereocenters. The van der Waals surface area contributed by atoms with Crippen LogP contribution in [0.1, 0.15) is 45.0 Å². The smallest absolute Gasteiger partial charge is 0.0891 e. The van der Waals surface area contributed by atoms with Crippen molar-refractivity contribution in [3.8, 4) is 44.5 Å². The molecule has 0 atom stereocenters. The number of rotatable bonds is 4. The van der Waals surface area contributed by atoms with Crippen LogP contribution in [0.3, 0.4) is 0 Å². The van der Waals surface area contributed by atoms with Crippen LogP contribution in [0.25, 0.3) is 84.5 Å². The lowest BCUT2D eigenvalue weighted by Gasteiger charge is -2.08. The molecule has 5 heterocycles. The molecule has 7 aromatic rings. The summed E-state index contributed by atoms with van der Waals surface area (Å²) < 4.78 is 6.71. The first-order chi connectivity index (χ1) is 28.7. The van der Waals surface area contributed by atoms with Gasteiger partial charge in [0.2, 0.25) is 0 Å². The number of aromatic nitrogens is 4. The van der Waals surface area contributed by atoms with Crippen molar-refractivity contribution in [1.82, 2.24) is 19.9 Å². The minimum atomic E-state index is 0.766. The molecular weight excluding hydrogens is 1270 g/mol. The van der Waals surface area contributed by atoms with Crippen LogP contribution in [0.15, 0.2) is 115 Å². The number of benzene rings is 4. The lowest BCUT2D eigenvalue weighted by Crippen LogP contribution is -1.91. The lowest BCUT2D eigenvalue weighted by atomic mass is 10.0. The van der Waals surface area contributed by atoms with Crippen molar-refractivity contribution in [2.24, 2.45) is 0 Å². The van der Waals surface area contributed by atoms with Gasteiger partial charge in [-0.2, -0.15) is 0 Å². The number of hydrogen-bond acceptors (Lipinski definition) is 2. The zero-order chi connectivity index (χ0) is 42.3. The normalized spacial score (nSPS) is 12.9. The quantitative estimate of drug-likeness (QED) is 0.185. The molecule has 0 amide bonds. The monoisotopic (exact) mass is 1290 g/mol. The molecule has 0 spiro atoms. The molecule has 4 nitrogen and oxygen atoms in total. The molecule has 60 heavy (non-hydrogen) atoms. The first-order valence-electron chi connectivity index (χ1n) is 18.7. The van der Waals surface area contributed by atoms with Crippen LogP contribution < -0.4 is 0 Å². The fraction of sp³-hybridized carbons (Fsp3) is 0.0833. The Morgan fingerprint density at radius 2 is 0.483 bits per heavy atom. The lowest BCUT2D eigenvalue weighted by molar-refractivity contribution is 1.30. The molecule has 0 saturated heterocycles. The third-order valence-electron chi connectivity index (χ3n) is 10.7. The van der Waals surface area contributed by atoms with Gasteiger partial charge in [0.05, 0.1) is 80.7 Å². The molecule has 298 valence electrons. The van der Waals surface area contributed by atoms with Gasteiger partial charge in [0.15, 0.2) is 0 Å². The summed E-state index contributed by atoms with van der Waals surface area (Å²) in [5.74, 6) is 0. The van der Waals surface area contributed by atoms with E-state index in [-0.39, 0.29) is 0 Å². The maximum absolute atomic E-state index is 5.60. The van der Waals surface area contributed by atoms with E-state index in [0.29, 0.717) is 0 Å². The van der Waals surface area contributed by atoms with Gasteiger partial charge in [0.25, 0.3) is 0 Å². The summed E-state index contributed by atoms with van der Waals surface area (Å²) in [5.41, 5.74) is 18.7. The van der Waals surface area contributed by atoms with Crippen molar-refractivity contribution in [3.05, 3.63) is 160 Å². The van der Waals surface area contributed by atoms with Crippen molar-refractivity contribution in [2.45, 2.75) is 27.7 Å². The predicted molar refractivity (Wildman–Crippen MR) is 282 cm³/mol. The number of hydrogen-bond donors (Lipinski definition) is 2. The van der Waals surface area contributed by atoms with Gasteiger partial charge in [0.1, 0.15) is 0 Å². The molecule has 2 aliphatic heterocycles. The second-order valence-corrected chi connectivity index (χ2v) is 21.2. The van der Waals surface area contributed by atoms with Crippen molar-refractivity contribution < 1.29 is 0 Å². The Kier molecular flexibility index (Phi) is 11.9. The van der Waals surface area contributed by atoms with Gasteiger partial charge >= 0.3 is 0 Å². The van der Waals surface area contributed by atoms with Crippen molar-refractivity contribution in [2.75, 3.05) is 0 Å². The largest absolute Gasteiger partial charge is 0.352 e. The van der Waals surface area contributed by atoms with E-state index in [1.165, 1.54) is 0 Å². The zero-order valence-electron chi connectivity index (χ0n) is 32.2. The van der Waals surface area contributed by atoms with E-state index in [0.717, 1.165) is 147 Å². The third kappa shape index (κ3) is 7.32. The van der Waals surface area contributed by atoms with Crippen LogP contribution in [-0.4, -0.2) is 19.9 Å². The number of nitrogens with zero attached hydrogens (tertiary/aromatic N) is 2. The summed E-state index contributed by atoms with van der Waals surface area (Å²) in [5, 5.41) is 0. The average molecular weight is 1300 g/mol. The second-order valence-electron chi connectivity index (χ2n) is 14.8. The zero-order valence-corrected chi connectivity index (χ0v) is 44.8. The first-order valence-corrected chi connectivity index (χ1v) is 25.0. The van der Waals surface area contributed by atoms with Gasteiger partial charge < -0.3 is 9.97 Å². The molecule has 0 saturated carbocycles. The van der Waals surface area contributed by atoms with E-state index < -0.39 is 0 Å². The Morgan fingerprint density at radius 1 is 0.300 bits per heavy atom. The summed E-state index contributed by atoms with van der Waals surface area (Å²) in [6.45, 7) is 8.40. The predicted octanol–water partition coefficient (Wildman–Crippen LogP) is 18.5. The molecule has 8 bridgehead atoms. The van der Waals surface area contributed by atoms with E-state index in [9.17, 15) is 0 Å². The van der Waals surface area contributed by atoms with Gasteiger partial charge in [-0.05, 0) is 177 Å². The molecule has 12 heteroatoms. The molecule has 0 radical (unpaired) electrons. The second kappa shape index (κ2) is 16.8. The molecule has 3 aromatic heterocycles. The summed E-state index contributed by atoms with van der Waals surface area (Å²) in [6, 6.07) is 34.3. The van der Waals surface area contributed by atoms with Gasteiger partial charge in [-0.1, -0.05) is 119 Å². The van der Waals surface area contributed by atoms with Crippen LogP contribution in [0.2, 0.25) is 0 Å². The average Bonchev–Trinajstić information content (AvgIpc) is 3.89. The maximum Gasteiger partial charge on any atom is 0.0891 e. The topological polar surface area (TPSA) is 57.4 Å². The molecule has 2 aliphatic rings. The van der Waals surface area contributed by atoms with Crippen molar-refractivity contribution in [3.63, 3.8) is 0 Å². The summed E-state index contributed by atoms with van der Waals surface area (Å²) in [4.78, 5) is 19.0. The Balaban J connectivity index is 1.62. The molecular formula is C48H30Br8N4. The van der Waals surface area contributed by atoms with Gasteiger partial charge in [-0.3, -0.25) is 0 Å². The van der Waals surface area contributed by atoms with Crippen LogP contribution in [0.5, 0.6) is 0 Å². The minimum Gasteiger partial charge on any atom is -0.352 e. The summed E-state index contributed by atoms with van der Waals surface area (Å²) in [6.07, 6.45) is 0. The van der Waals surface area contributed by atoms with Crippen LogP contribution >= 0.6 is 127 Å². The number of halogens is 8. The standard InChI is InChI=1S/C48H30Br8N4/c1-21-5-13-25(14-6-21)29-41-33(49)35(51)43(57-41)30(26-15-7-22(2)8-16-26)45-37(53)39(55)47(59-45)32(28-19-11-24(4)12-20-28)48-40(56)38(54)46(60-48)31(27-17-9-23(3)10-18-27)44-36(52)34(50)42(29)58-44/h5-20,57,60H,1-4H3. The fourth-order valence-corrected chi connectivity index (χ4v) is 11.5. The Hall–Kier alpha value is -2.68. The van der Waals surface area contributed by atoms with E-state index in [1.807, 2.05) is 0 Å². The molecule has 0 aliphatic carbocycles. The minimum absolute atomic E-state index is 0.766. The van der Waals surface area contributed by atoms with Gasteiger partial charge in [-0.15, -0.1) is 0 Å². The molecule has 4 aromatic carbocycles.